The van der Waals surface area contributed by atoms with E-state index in [0.29, 0.717) is 44.7 Å². The van der Waals surface area contributed by atoms with Crippen LogP contribution in [0.3, 0.4) is 0 Å². The molecule has 0 unspecified atom stereocenters. The lowest BCUT2D eigenvalue weighted by molar-refractivity contribution is -0.111. The van der Waals surface area contributed by atoms with E-state index in [2.05, 4.69) is 74.4 Å². The first kappa shape index (κ1) is 60.0. The van der Waals surface area contributed by atoms with Gasteiger partial charge in [-0.3, -0.25) is 28.8 Å². The first-order valence-electron chi connectivity index (χ1n) is 30.3. The highest BCUT2D eigenvalue weighted by atomic mass is 16.5. The summed E-state index contributed by atoms with van der Waals surface area (Å²) < 4.78 is 12.1. The minimum atomic E-state index is -0.555. The van der Waals surface area contributed by atoms with Gasteiger partial charge in [0.1, 0.15) is 22.8 Å². The Morgan fingerprint density at radius 1 is 0.381 bits per heavy atom. The largest absolute Gasteiger partial charge is 0.507 e. The van der Waals surface area contributed by atoms with Gasteiger partial charge < -0.3 is 29.0 Å². The fourth-order valence-corrected chi connectivity index (χ4v) is 11.4. The lowest BCUT2D eigenvalue weighted by Crippen LogP contribution is -2.26. The number of ketones is 6. The molecule has 0 saturated carbocycles. The Morgan fingerprint density at radius 2 is 0.833 bits per heavy atom. The molecule has 0 saturated heterocycles. The number of phenolic OH excluding ortho intramolecular Hbond substituents is 1. The minimum absolute atomic E-state index is 0.124. The molecule has 6 aromatic carbocycles. The van der Waals surface area contributed by atoms with E-state index < -0.39 is 34.7 Å². The summed E-state index contributed by atoms with van der Waals surface area (Å²) in [6, 6.07) is 37.6. The number of unbranched alkanes of at least 4 members (excludes halogenated alkanes) is 6. The van der Waals surface area contributed by atoms with E-state index in [0.717, 1.165) is 172 Å². The zero-order valence-electron chi connectivity index (χ0n) is 49.5. The molecule has 12 heteroatoms. The lowest BCUT2D eigenvalue weighted by atomic mass is 9.83. The quantitative estimate of drug-likeness (QED) is 0.0642. The SMILES string of the molecule is CCCCN(CCCC)c1ccc(C2=CC(=O)C(=O)c3ccccc32)c(O)c1.CCCCN(CCCC)c1ccc2c(c1)Oc1cccc3c1C2=CC(=O)C3=O.CCCCN(CCCC)c1ccc2c3c(oc2c1)C(=O)C(=O)c1ccccc1-3. The molecule has 0 fully saturated rings. The molecule has 84 heavy (non-hydrogen) atoms. The number of carbonyl (C=O) groups is 6. The predicted octanol–water partition coefficient (Wildman–Crippen LogP) is 16.3. The molecular formula is C72H77N3O9. The van der Waals surface area contributed by atoms with Crippen molar-refractivity contribution in [2.24, 2.45) is 0 Å². The number of hydrogen-bond acceptors (Lipinski definition) is 12. The molecule has 1 aliphatic heterocycles. The smallest absolute Gasteiger partial charge is 0.269 e. The number of allylic oxidation sites excluding steroid dienone is 2. The summed E-state index contributed by atoms with van der Waals surface area (Å²) in [4.78, 5) is 80.9. The third kappa shape index (κ3) is 12.6. The van der Waals surface area contributed by atoms with Gasteiger partial charge in [-0.05, 0) is 110 Å². The maximum Gasteiger partial charge on any atom is 0.269 e. The van der Waals surface area contributed by atoms with Crippen molar-refractivity contribution >= 4 is 73.9 Å². The lowest BCUT2D eigenvalue weighted by Gasteiger charge is -2.29. The second kappa shape index (κ2) is 27.6. The van der Waals surface area contributed by atoms with E-state index in [1.807, 2.05) is 60.7 Å². The standard InChI is InChI=1S/2C24H25NO3.C24H27NO3/c1-3-5-12-25(13-6-4-2)16-10-11-17-19-15-20(26)24(27)18-8-7-9-21(23(18)19)28-22(17)14-16;1-3-5-13-25(14-6-4-2)16-11-12-19-20(15-16)28-24-21(19)17-9-7-8-10-18(17)22(26)23(24)27;1-3-5-13-25(14-6-4-2)17-11-12-19(22(26)15-17)21-16-23(27)24(28)20-10-8-7-9-18(20)21/h7-11,14-15H,3-6,12-13H2,1-2H3;7-12,15H,3-6,13-14H2,1-2H3;7-12,15-16,26H,3-6,13-14H2,1-2H3. The van der Waals surface area contributed by atoms with Crippen LogP contribution >= 0.6 is 0 Å². The van der Waals surface area contributed by atoms with Gasteiger partial charge in [0, 0.05) is 124 Å². The summed E-state index contributed by atoms with van der Waals surface area (Å²) in [6.07, 6.45) is 16.4. The van der Waals surface area contributed by atoms with Crippen LogP contribution in [-0.2, 0) is 9.59 Å². The molecule has 0 radical (unpaired) electrons. The molecule has 0 atom stereocenters. The van der Waals surface area contributed by atoms with Crippen molar-refractivity contribution in [1.29, 1.82) is 0 Å². The van der Waals surface area contributed by atoms with Gasteiger partial charge >= 0.3 is 0 Å². The number of anilines is 3. The summed E-state index contributed by atoms with van der Waals surface area (Å²) in [7, 11) is 0. The summed E-state index contributed by atoms with van der Waals surface area (Å²) in [5.74, 6) is -1.35. The fraction of sp³-hybridized carbons (Fsp3) is 0.333. The van der Waals surface area contributed by atoms with Crippen LogP contribution in [0.5, 0.6) is 17.2 Å². The van der Waals surface area contributed by atoms with Crippen molar-refractivity contribution in [1.82, 2.24) is 0 Å². The van der Waals surface area contributed by atoms with Crippen LogP contribution in [0.2, 0.25) is 0 Å². The van der Waals surface area contributed by atoms with Crippen LogP contribution in [0.15, 0.2) is 138 Å². The molecule has 1 N–H and O–H groups in total. The van der Waals surface area contributed by atoms with Gasteiger partial charge in [0.2, 0.25) is 28.9 Å². The van der Waals surface area contributed by atoms with Crippen molar-refractivity contribution in [2.45, 2.75) is 119 Å². The van der Waals surface area contributed by atoms with Crippen LogP contribution in [0.25, 0.3) is 33.2 Å². The summed E-state index contributed by atoms with van der Waals surface area (Å²) in [5.41, 5.74) is 10.9. The molecule has 2 heterocycles. The Kier molecular flexibility index (Phi) is 19.7. The van der Waals surface area contributed by atoms with Gasteiger partial charge in [-0.1, -0.05) is 141 Å². The maximum atomic E-state index is 12.6. The number of ether oxygens (including phenoxy) is 1. The molecule has 4 aliphatic rings. The molecule has 11 rings (SSSR count). The highest BCUT2D eigenvalue weighted by Crippen LogP contribution is 2.48. The number of benzene rings is 6. The number of rotatable bonds is 22. The highest BCUT2D eigenvalue weighted by Gasteiger charge is 2.36. The van der Waals surface area contributed by atoms with Gasteiger partial charge in [-0.15, -0.1) is 0 Å². The zero-order valence-corrected chi connectivity index (χ0v) is 49.5. The van der Waals surface area contributed by atoms with Gasteiger partial charge in [-0.2, -0.15) is 0 Å². The molecule has 434 valence electrons. The number of carbonyl (C=O) groups excluding carboxylic acids is 6. The topological polar surface area (TPSA) is 155 Å². The van der Waals surface area contributed by atoms with E-state index in [-0.39, 0.29) is 11.5 Å². The van der Waals surface area contributed by atoms with Crippen molar-refractivity contribution in [3.63, 3.8) is 0 Å². The van der Waals surface area contributed by atoms with Crippen LogP contribution in [0, 0.1) is 0 Å². The predicted molar refractivity (Wildman–Crippen MR) is 337 cm³/mol. The van der Waals surface area contributed by atoms with Crippen molar-refractivity contribution in [3.05, 3.63) is 178 Å². The van der Waals surface area contributed by atoms with Gasteiger partial charge in [0.25, 0.3) is 5.78 Å². The molecular weight excluding hydrogens is 1050 g/mol. The van der Waals surface area contributed by atoms with Crippen molar-refractivity contribution in [2.75, 3.05) is 54.0 Å². The molecule has 7 aromatic rings. The number of hydrogen-bond donors (Lipinski definition) is 1. The monoisotopic (exact) mass is 1130 g/mol. The summed E-state index contributed by atoms with van der Waals surface area (Å²) in [5, 5.41) is 11.6. The van der Waals surface area contributed by atoms with E-state index in [1.54, 1.807) is 42.5 Å². The van der Waals surface area contributed by atoms with Crippen LogP contribution in [0.4, 0.5) is 17.1 Å². The maximum absolute atomic E-state index is 12.6. The van der Waals surface area contributed by atoms with E-state index in [1.165, 1.54) is 12.2 Å². The molecule has 0 spiro atoms. The minimum Gasteiger partial charge on any atom is -0.507 e. The van der Waals surface area contributed by atoms with Crippen LogP contribution in [0.1, 0.15) is 182 Å². The normalized spacial score (nSPS) is 13.5. The second-order valence-corrected chi connectivity index (χ2v) is 22.0. The Morgan fingerprint density at radius 3 is 1.38 bits per heavy atom. The van der Waals surface area contributed by atoms with Gasteiger partial charge in [0.15, 0.2) is 5.76 Å². The first-order chi connectivity index (χ1) is 40.8. The first-order valence-corrected chi connectivity index (χ1v) is 30.3. The average molecular weight is 1130 g/mol. The Hall–Kier alpha value is -8.64. The van der Waals surface area contributed by atoms with Gasteiger partial charge in [0.05, 0.1) is 0 Å². The molecule has 1 aromatic heterocycles. The zero-order chi connectivity index (χ0) is 59.4. The molecule has 12 nitrogen and oxygen atoms in total. The van der Waals surface area contributed by atoms with Crippen molar-refractivity contribution in [3.8, 4) is 28.4 Å². The third-order valence-corrected chi connectivity index (χ3v) is 16.1. The van der Waals surface area contributed by atoms with Crippen molar-refractivity contribution < 1.29 is 43.0 Å². The van der Waals surface area contributed by atoms with E-state index >= 15 is 0 Å². The number of fused-ring (bicyclic) bond motifs is 8. The van der Waals surface area contributed by atoms with Gasteiger partial charge in [-0.25, -0.2) is 0 Å². The number of nitrogens with zero attached hydrogens (tertiary/aromatic N) is 3. The van der Waals surface area contributed by atoms with Crippen LogP contribution < -0.4 is 19.4 Å². The Bertz CT molecular complexity index is 3650. The number of furan rings is 1. The van der Waals surface area contributed by atoms with E-state index in [4.69, 9.17) is 9.15 Å². The third-order valence-electron chi connectivity index (χ3n) is 16.1. The molecule has 0 amide bonds. The summed E-state index contributed by atoms with van der Waals surface area (Å²) in [6.45, 7) is 19.1. The average Bonchev–Trinajstić information content (AvgIpc) is 2.09. The highest BCUT2D eigenvalue weighted by molar-refractivity contribution is 6.53. The Balaban J connectivity index is 0.000000151. The fourth-order valence-electron chi connectivity index (χ4n) is 11.4. The summed E-state index contributed by atoms with van der Waals surface area (Å²) >= 11 is 0. The van der Waals surface area contributed by atoms with Crippen LogP contribution in [-0.4, -0.2) is 79.1 Å². The second-order valence-electron chi connectivity index (χ2n) is 22.0. The molecule has 3 aliphatic carbocycles. The molecule has 0 bridgehead atoms. The number of phenols is 1. The Labute approximate surface area is 493 Å². The number of Topliss-reactive ketones (excluding diaryl/α,β-unsaturated/α-hetero) is 4. The van der Waals surface area contributed by atoms with E-state index in [9.17, 15) is 33.9 Å². The number of aromatic hydroxyl groups is 1.